The quantitative estimate of drug-likeness (QED) is 0.241. The first-order valence-electron chi connectivity index (χ1n) is 10.8. The number of nitrogens with one attached hydrogen (secondary N) is 4. The van der Waals surface area contributed by atoms with Gasteiger partial charge in [-0.1, -0.05) is 34.6 Å². The molecule has 0 aliphatic rings. The second-order valence-electron chi connectivity index (χ2n) is 9.15. The van der Waals surface area contributed by atoms with Crippen molar-refractivity contribution < 1.29 is 28.7 Å². The smallest absolute Gasteiger partial charge is 0.329 e. The fourth-order valence-electron chi connectivity index (χ4n) is 2.95. The summed E-state index contributed by atoms with van der Waals surface area (Å²) in [6.45, 7) is 12.2. The Morgan fingerprint density at radius 1 is 0.969 bits per heavy atom. The standard InChI is InChI=1S/C22H38N4O6/c1-8-32-21(31)18(22(5,6)7)26-19(29)16(10-9-15(28)12-23)25-20(30)17(11-13(2)3)24-14(4)27/h12-13,16-18,23H,8-11H2,1-7H3,(H,24,27)(H,25,30)(H,26,29)/t16-,17-,18?/m0/s1. The minimum atomic E-state index is -1.14. The normalized spacial score (nSPS) is 14.0. The highest BCUT2D eigenvalue weighted by molar-refractivity contribution is 6.26. The summed E-state index contributed by atoms with van der Waals surface area (Å²) in [4.78, 5) is 61.4. The van der Waals surface area contributed by atoms with Crippen LogP contribution in [-0.2, 0) is 28.7 Å². The molecule has 0 aromatic heterocycles. The van der Waals surface area contributed by atoms with Gasteiger partial charge >= 0.3 is 5.97 Å². The SMILES string of the molecule is CCOC(=O)C(NC(=O)[C@H](CCC(=O)C=N)NC(=O)[C@H](CC(C)C)NC(C)=O)C(C)(C)C. The van der Waals surface area contributed by atoms with Gasteiger partial charge in [0.05, 0.1) is 12.8 Å². The number of ether oxygens (including phenoxy) is 1. The third kappa shape index (κ3) is 11.0. The molecular weight excluding hydrogens is 416 g/mol. The topological polar surface area (TPSA) is 155 Å². The Kier molecular flexibility index (Phi) is 12.4. The minimum absolute atomic E-state index is 0.0695. The molecule has 0 aliphatic heterocycles. The first kappa shape index (κ1) is 29.2. The number of carbonyl (C=O) groups excluding carboxylic acids is 5. The van der Waals surface area contributed by atoms with Gasteiger partial charge in [0.2, 0.25) is 17.7 Å². The molecule has 4 N–H and O–H groups in total. The minimum Gasteiger partial charge on any atom is -0.464 e. The van der Waals surface area contributed by atoms with Crippen molar-refractivity contribution in [2.75, 3.05) is 6.61 Å². The van der Waals surface area contributed by atoms with E-state index in [0.717, 1.165) is 0 Å². The van der Waals surface area contributed by atoms with E-state index in [0.29, 0.717) is 12.6 Å². The predicted molar refractivity (Wildman–Crippen MR) is 120 cm³/mol. The fraction of sp³-hybridized carbons (Fsp3) is 0.727. The van der Waals surface area contributed by atoms with Crippen molar-refractivity contribution in [3.8, 4) is 0 Å². The Hall–Kier alpha value is -2.78. The molecule has 0 heterocycles. The molecule has 32 heavy (non-hydrogen) atoms. The van der Waals surface area contributed by atoms with Gasteiger partial charge in [-0.2, -0.15) is 0 Å². The van der Waals surface area contributed by atoms with Crippen LogP contribution in [0.4, 0.5) is 0 Å². The summed E-state index contributed by atoms with van der Waals surface area (Å²) in [7, 11) is 0. The van der Waals surface area contributed by atoms with E-state index in [4.69, 9.17) is 10.1 Å². The summed E-state index contributed by atoms with van der Waals surface area (Å²) in [6.07, 6.45) is 0.787. The molecule has 0 aromatic rings. The second kappa shape index (κ2) is 13.6. The summed E-state index contributed by atoms with van der Waals surface area (Å²) in [5.74, 6) is -2.63. The first-order chi connectivity index (χ1) is 14.7. The van der Waals surface area contributed by atoms with Gasteiger partial charge in [0.1, 0.15) is 18.1 Å². The number of Topliss-reactive ketones (excluding diaryl/α,β-unsaturated/α-hetero) is 1. The number of ketones is 1. The molecule has 0 bridgehead atoms. The van der Waals surface area contributed by atoms with Crippen LogP contribution < -0.4 is 16.0 Å². The van der Waals surface area contributed by atoms with Crippen LogP contribution in [0, 0.1) is 16.7 Å². The number of rotatable bonds is 13. The lowest BCUT2D eigenvalue weighted by atomic mass is 9.86. The van der Waals surface area contributed by atoms with Crippen LogP contribution in [-0.4, -0.2) is 60.4 Å². The van der Waals surface area contributed by atoms with E-state index in [9.17, 15) is 24.0 Å². The number of hydrogen-bond acceptors (Lipinski definition) is 7. The third-order valence-corrected chi connectivity index (χ3v) is 4.55. The summed E-state index contributed by atoms with van der Waals surface area (Å²) in [5, 5.41) is 14.8. The Labute approximate surface area is 190 Å². The molecule has 10 heteroatoms. The maximum atomic E-state index is 13.0. The van der Waals surface area contributed by atoms with Crippen LogP contribution >= 0.6 is 0 Å². The number of carbonyl (C=O) groups is 5. The van der Waals surface area contributed by atoms with Gasteiger partial charge < -0.3 is 26.1 Å². The lowest BCUT2D eigenvalue weighted by molar-refractivity contribution is -0.151. The summed E-state index contributed by atoms with van der Waals surface area (Å²) in [5.41, 5.74) is -0.669. The molecule has 3 atom stereocenters. The van der Waals surface area contributed by atoms with E-state index < -0.39 is 47.1 Å². The third-order valence-electron chi connectivity index (χ3n) is 4.55. The summed E-state index contributed by atoms with van der Waals surface area (Å²) < 4.78 is 5.06. The maximum Gasteiger partial charge on any atom is 0.329 e. The highest BCUT2D eigenvalue weighted by atomic mass is 16.5. The molecule has 0 saturated carbocycles. The number of amides is 3. The molecular formula is C22H38N4O6. The molecule has 0 rings (SSSR count). The van der Waals surface area contributed by atoms with Crippen molar-refractivity contribution in [1.29, 1.82) is 5.41 Å². The Balaban J connectivity index is 5.69. The van der Waals surface area contributed by atoms with Crippen molar-refractivity contribution in [3.63, 3.8) is 0 Å². The number of hydrogen-bond donors (Lipinski definition) is 4. The molecule has 0 aromatic carbocycles. The monoisotopic (exact) mass is 454 g/mol. The van der Waals surface area contributed by atoms with Crippen LogP contribution in [0.2, 0.25) is 0 Å². The van der Waals surface area contributed by atoms with Crippen molar-refractivity contribution in [2.24, 2.45) is 11.3 Å². The van der Waals surface area contributed by atoms with Gasteiger partial charge in [-0.3, -0.25) is 19.2 Å². The van der Waals surface area contributed by atoms with Crippen LogP contribution in [0.15, 0.2) is 0 Å². The van der Waals surface area contributed by atoms with Gasteiger partial charge in [-0.05, 0) is 31.1 Å². The molecule has 1 unspecified atom stereocenters. The van der Waals surface area contributed by atoms with Crippen molar-refractivity contribution in [1.82, 2.24) is 16.0 Å². The Bertz CT molecular complexity index is 699. The Morgan fingerprint density at radius 3 is 1.97 bits per heavy atom. The van der Waals surface area contributed by atoms with Gasteiger partial charge in [-0.25, -0.2) is 4.79 Å². The molecule has 0 spiro atoms. The Morgan fingerprint density at radius 2 is 1.53 bits per heavy atom. The molecule has 0 radical (unpaired) electrons. The second-order valence-corrected chi connectivity index (χ2v) is 9.15. The van der Waals surface area contributed by atoms with E-state index >= 15 is 0 Å². The van der Waals surface area contributed by atoms with Crippen LogP contribution in [0.1, 0.15) is 67.7 Å². The van der Waals surface area contributed by atoms with E-state index in [1.54, 1.807) is 27.7 Å². The zero-order valence-corrected chi connectivity index (χ0v) is 20.2. The fourth-order valence-corrected chi connectivity index (χ4v) is 2.95. The molecule has 3 amide bonds. The van der Waals surface area contributed by atoms with E-state index in [1.807, 2.05) is 13.8 Å². The lowest BCUT2D eigenvalue weighted by Gasteiger charge is -2.31. The van der Waals surface area contributed by atoms with Crippen LogP contribution in [0.5, 0.6) is 0 Å². The average Bonchev–Trinajstić information content (AvgIpc) is 2.66. The summed E-state index contributed by atoms with van der Waals surface area (Å²) >= 11 is 0. The van der Waals surface area contributed by atoms with E-state index in [-0.39, 0.29) is 31.3 Å². The largest absolute Gasteiger partial charge is 0.464 e. The van der Waals surface area contributed by atoms with Gasteiger partial charge in [0, 0.05) is 13.3 Å². The number of esters is 1. The zero-order valence-electron chi connectivity index (χ0n) is 20.2. The highest BCUT2D eigenvalue weighted by Gasteiger charge is 2.36. The predicted octanol–water partition coefficient (Wildman–Crippen LogP) is 1.11. The van der Waals surface area contributed by atoms with E-state index in [2.05, 4.69) is 16.0 Å². The summed E-state index contributed by atoms with van der Waals surface area (Å²) in [6, 6.07) is -2.98. The molecule has 182 valence electrons. The van der Waals surface area contributed by atoms with Crippen molar-refractivity contribution in [3.05, 3.63) is 0 Å². The molecule has 0 fully saturated rings. The van der Waals surface area contributed by atoms with Gasteiger partial charge in [-0.15, -0.1) is 0 Å². The highest BCUT2D eigenvalue weighted by Crippen LogP contribution is 2.21. The zero-order chi connectivity index (χ0) is 25.1. The van der Waals surface area contributed by atoms with Crippen LogP contribution in [0.25, 0.3) is 0 Å². The maximum absolute atomic E-state index is 13.0. The average molecular weight is 455 g/mol. The molecule has 0 aliphatic carbocycles. The lowest BCUT2D eigenvalue weighted by Crippen LogP contribution is -2.58. The van der Waals surface area contributed by atoms with Gasteiger partial charge in [0.25, 0.3) is 0 Å². The van der Waals surface area contributed by atoms with Crippen molar-refractivity contribution >= 4 is 35.7 Å². The first-order valence-corrected chi connectivity index (χ1v) is 10.8. The molecule has 0 saturated heterocycles. The van der Waals surface area contributed by atoms with Crippen LogP contribution in [0.3, 0.4) is 0 Å². The van der Waals surface area contributed by atoms with Gasteiger partial charge in [0.15, 0.2) is 5.78 Å². The molecule has 10 nitrogen and oxygen atoms in total. The van der Waals surface area contributed by atoms with E-state index in [1.165, 1.54) is 6.92 Å². The van der Waals surface area contributed by atoms with Crippen molar-refractivity contribution in [2.45, 2.75) is 85.9 Å².